The number of para-hydroxylation sites is 5. The fourth-order valence-corrected chi connectivity index (χ4v) is 8.66. The van der Waals surface area contributed by atoms with E-state index in [0.29, 0.717) is 0 Å². The highest BCUT2D eigenvalue weighted by Crippen LogP contribution is 2.48. The lowest BCUT2D eigenvalue weighted by atomic mass is 9.34. The van der Waals surface area contributed by atoms with Crippen LogP contribution >= 0.6 is 0 Å². The Morgan fingerprint density at radius 2 is 1.20 bits per heavy atom. The number of nitrogens with zero attached hydrogens (tertiary/aromatic N) is 3. The van der Waals surface area contributed by atoms with Crippen LogP contribution in [-0.4, -0.2) is 15.8 Å². The zero-order chi connectivity index (χ0) is 32.9. The average molecular weight is 640 g/mol. The van der Waals surface area contributed by atoms with Gasteiger partial charge in [-0.25, -0.2) is 0 Å². The van der Waals surface area contributed by atoms with E-state index in [0.717, 1.165) is 34.2 Å². The molecule has 0 atom stereocenters. The molecule has 2 aliphatic rings. The molecule has 5 heteroatoms. The van der Waals surface area contributed by atoms with Crippen molar-refractivity contribution in [3.8, 4) is 22.9 Å². The van der Waals surface area contributed by atoms with Crippen molar-refractivity contribution in [3.63, 3.8) is 0 Å². The Labute approximate surface area is 290 Å². The standard InChI is InChI=1S/C45H30BN3O/c1-29-27-38-42-40(28-29)50-39-24-14-12-22-34(39)46(42)35-25-26-37(47(30-15-5-2-6-16-30)31-17-7-3-8-18-31)41-44(35)49(38)43-33-21-11-13-23-36(33)48(45(41)43)32-19-9-4-10-20-32/h2-28H,1H3. The maximum absolute atomic E-state index is 6.72. The molecule has 0 radical (unpaired) electrons. The van der Waals surface area contributed by atoms with Crippen LogP contribution in [0.5, 0.6) is 11.5 Å². The monoisotopic (exact) mass is 639 g/mol. The Bertz CT molecular complexity index is 2760. The summed E-state index contributed by atoms with van der Waals surface area (Å²) in [5.74, 6) is 1.87. The number of aromatic nitrogens is 2. The second-order valence-corrected chi connectivity index (χ2v) is 13.4. The molecule has 234 valence electrons. The summed E-state index contributed by atoms with van der Waals surface area (Å²) in [4.78, 5) is 2.42. The van der Waals surface area contributed by atoms with E-state index in [9.17, 15) is 0 Å². The van der Waals surface area contributed by atoms with Gasteiger partial charge in [0.1, 0.15) is 11.5 Å². The first-order valence-corrected chi connectivity index (χ1v) is 17.2. The summed E-state index contributed by atoms with van der Waals surface area (Å²) >= 11 is 0. The molecular weight excluding hydrogens is 609 g/mol. The van der Waals surface area contributed by atoms with Crippen LogP contribution < -0.4 is 26.0 Å². The van der Waals surface area contributed by atoms with Crippen LogP contribution in [0.3, 0.4) is 0 Å². The summed E-state index contributed by atoms with van der Waals surface area (Å²) < 4.78 is 11.7. The number of fused-ring (bicyclic) bond motifs is 9. The Balaban J connectivity index is 1.40. The number of hydrogen-bond acceptors (Lipinski definition) is 2. The molecule has 0 amide bonds. The Hall–Kier alpha value is -6.46. The number of rotatable bonds is 4. The topological polar surface area (TPSA) is 22.3 Å². The van der Waals surface area contributed by atoms with Gasteiger partial charge in [-0.1, -0.05) is 97.1 Å². The Morgan fingerprint density at radius 1 is 0.540 bits per heavy atom. The predicted octanol–water partition coefficient (Wildman–Crippen LogP) is 9.44. The molecule has 2 aromatic heterocycles. The molecule has 0 bridgehead atoms. The minimum atomic E-state index is 0.0342. The normalized spacial score (nSPS) is 12.6. The first kappa shape index (κ1) is 27.5. The molecule has 4 heterocycles. The quantitative estimate of drug-likeness (QED) is 0.179. The number of hydrogen-bond donors (Lipinski definition) is 0. The molecule has 11 rings (SSSR count). The summed E-state index contributed by atoms with van der Waals surface area (Å²) in [6.45, 7) is 2.21. The molecule has 0 aliphatic carbocycles. The molecule has 0 unspecified atom stereocenters. The number of aryl methyl sites for hydroxylation is 1. The fourth-order valence-electron chi connectivity index (χ4n) is 8.66. The van der Waals surface area contributed by atoms with E-state index < -0.39 is 0 Å². The third kappa shape index (κ3) is 3.66. The molecule has 4 nitrogen and oxygen atoms in total. The van der Waals surface area contributed by atoms with Gasteiger partial charge in [0.15, 0.2) is 0 Å². The summed E-state index contributed by atoms with van der Waals surface area (Å²) in [6, 6.07) is 59.0. The van der Waals surface area contributed by atoms with Gasteiger partial charge in [0, 0.05) is 33.5 Å². The molecule has 9 aromatic rings. The van der Waals surface area contributed by atoms with Crippen LogP contribution in [0.2, 0.25) is 0 Å². The maximum Gasteiger partial charge on any atom is 0.256 e. The van der Waals surface area contributed by atoms with Gasteiger partial charge in [0.05, 0.1) is 27.8 Å². The summed E-state index contributed by atoms with van der Waals surface area (Å²) in [6.07, 6.45) is 0. The van der Waals surface area contributed by atoms with E-state index in [1.165, 1.54) is 60.5 Å². The Morgan fingerprint density at radius 3 is 1.96 bits per heavy atom. The van der Waals surface area contributed by atoms with E-state index in [1.807, 2.05) is 0 Å². The Kier molecular flexibility index (Phi) is 5.65. The third-order valence-corrected chi connectivity index (χ3v) is 10.6. The molecule has 7 aromatic carbocycles. The fraction of sp³-hybridized carbons (Fsp3) is 0.0222. The highest BCUT2D eigenvalue weighted by Gasteiger charge is 2.42. The first-order valence-electron chi connectivity index (χ1n) is 17.2. The minimum Gasteiger partial charge on any atom is -0.458 e. The van der Waals surface area contributed by atoms with E-state index >= 15 is 0 Å². The van der Waals surface area contributed by atoms with Crippen molar-refractivity contribution >= 4 is 73.0 Å². The highest BCUT2D eigenvalue weighted by molar-refractivity contribution is 6.99. The van der Waals surface area contributed by atoms with Crippen LogP contribution in [0.4, 0.5) is 17.1 Å². The molecule has 2 aliphatic heterocycles. The van der Waals surface area contributed by atoms with Gasteiger partial charge in [-0.05, 0) is 95.6 Å². The van der Waals surface area contributed by atoms with Gasteiger partial charge in [-0.15, -0.1) is 0 Å². The van der Waals surface area contributed by atoms with Gasteiger partial charge in [-0.3, -0.25) is 0 Å². The molecular formula is C45H30BN3O. The average Bonchev–Trinajstić information content (AvgIpc) is 3.69. The van der Waals surface area contributed by atoms with E-state index in [2.05, 4.69) is 185 Å². The minimum absolute atomic E-state index is 0.0342. The van der Waals surface area contributed by atoms with E-state index in [1.54, 1.807) is 0 Å². The van der Waals surface area contributed by atoms with Crippen LogP contribution in [-0.2, 0) is 0 Å². The lowest BCUT2D eigenvalue weighted by Crippen LogP contribution is -2.58. The van der Waals surface area contributed by atoms with Crippen LogP contribution in [0, 0.1) is 6.92 Å². The second kappa shape index (κ2) is 10.3. The SMILES string of the molecule is Cc1cc2c3c(c1)-n1c4c(ccc(N(c5ccccc5)c5ccccc5)c4c4c1c1ccccc1n4-c1ccccc1)B3c1ccccc1O2. The van der Waals surface area contributed by atoms with Crippen molar-refractivity contribution in [2.75, 3.05) is 4.90 Å². The van der Waals surface area contributed by atoms with Crippen LogP contribution in [0.1, 0.15) is 5.56 Å². The van der Waals surface area contributed by atoms with Gasteiger partial charge in [-0.2, -0.15) is 0 Å². The van der Waals surface area contributed by atoms with Gasteiger partial charge in [0.2, 0.25) is 0 Å². The molecule has 0 saturated carbocycles. The largest absolute Gasteiger partial charge is 0.458 e. The van der Waals surface area contributed by atoms with Gasteiger partial charge >= 0.3 is 0 Å². The van der Waals surface area contributed by atoms with E-state index in [4.69, 9.17) is 4.74 Å². The highest BCUT2D eigenvalue weighted by atomic mass is 16.5. The lowest BCUT2D eigenvalue weighted by molar-refractivity contribution is 0.487. The van der Waals surface area contributed by atoms with Crippen molar-refractivity contribution in [1.82, 2.24) is 9.13 Å². The molecule has 0 spiro atoms. The summed E-state index contributed by atoms with van der Waals surface area (Å²) in [5.41, 5.74) is 15.4. The first-order chi connectivity index (χ1) is 24.8. The van der Waals surface area contributed by atoms with E-state index in [-0.39, 0.29) is 6.71 Å². The molecule has 50 heavy (non-hydrogen) atoms. The third-order valence-electron chi connectivity index (χ3n) is 10.6. The zero-order valence-electron chi connectivity index (χ0n) is 27.4. The van der Waals surface area contributed by atoms with Gasteiger partial charge in [0.25, 0.3) is 6.71 Å². The van der Waals surface area contributed by atoms with Crippen molar-refractivity contribution in [1.29, 1.82) is 0 Å². The number of ether oxygens (including phenoxy) is 1. The van der Waals surface area contributed by atoms with Crippen molar-refractivity contribution in [2.45, 2.75) is 6.92 Å². The van der Waals surface area contributed by atoms with Crippen molar-refractivity contribution in [3.05, 3.63) is 169 Å². The van der Waals surface area contributed by atoms with Crippen molar-refractivity contribution < 1.29 is 4.74 Å². The van der Waals surface area contributed by atoms with Crippen LogP contribution in [0.25, 0.3) is 44.2 Å². The van der Waals surface area contributed by atoms with Gasteiger partial charge < -0.3 is 18.8 Å². The molecule has 0 fully saturated rings. The number of anilines is 3. The smallest absolute Gasteiger partial charge is 0.256 e. The lowest BCUT2D eigenvalue weighted by Gasteiger charge is -2.34. The number of benzene rings is 7. The van der Waals surface area contributed by atoms with Crippen LogP contribution in [0.15, 0.2) is 164 Å². The maximum atomic E-state index is 6.72. The molecule has 0 N–H and O–H groups in total. The summed E-state index contributed by atoms with van der Waals surface area (Å²) in [5, 5.41) is 2.44. The molecule has 0 saturated heterocycles. The zero-order valence-corrected chi connectivity index (χ0v) is 27.4. The summed E-state index contributed by atoms with van der Waals surface area (Å²) in [7, 11) is 0. The van der Waals surface area contributed by atoms with Crippen molar-refractivity contribution in [2.24, 2.45) is 0 Å². The second-order valence-electron chi connectivity index (χ2n) is 13.4. The predicted molar refractivity (Wildman–Crippen MR) is 208 cm³/mol.